The molecule has 2 aromatic heterocycles. The first-order chi connectivity index (χ1) is 12.5. The first kappa shape index (κ1) is 18.1. The number of fused-ring (bicyclic) bond motifs is 1. The van der Waals surface area contributed by atoms with E-state index >= 15 is 0 Å². The number of thiophene rings is 1. The van der Waals surface area contributed by atoms with Crippen molar-refractivity contribution in [2.24, 2.45) is 0 Å². The van der Waals surface area contributed by atoms with Crippen molar-refractivity contribution in [1.29, 1.82) is 0 Å². The van der Waals surface area contributed by atoms with Crippen LogP contribution in [-0.4, -0.2) is 34.5 Å². The second-order valence-electron chi connectivity index (χ2n) is 6.20. The average Bonchev–Trinajstić information content (AvgIpc) is 3.10. The van der Waals surface area contributed by atoms with E-state index in [1.54, 1.807) is 25.1 Å². The maximum Gasteiger partial charge on any atom is 0.262 e. The lowest BCUT2D eigenvalue weighted by molar-refractivity contribution is -0.130. The van der Waals surface area contributed by atoms with Gasteiger partial charge in [0.05, 0.1) is 18.8 Å². The molecule has 0 aliphatic heterocycles. The Balaban J connectivity index is 1.67. The van der Waals surface area contributed by atoms with Crippen LogP contribution in [0.15, 0.2) is 40.8 Å². The molecule has 1 amide bonds. The Morgan fingerprint density at radius 1 is 1.35 bits per heavy atom. The average molecular weight is 371 g/mol. The Labute approximate surface area is 155 Å². The maximum absolute atomic E-state index is 12.5. The Kier molecular flexibility index (Phi) is 5.37. The van der Waals surface area contributed by atoms with Gasteiger partial charge in [0.2, 0.25) is 5.91 Å². The monoisotopic (exact) mass is 371 g/mol. The fraction of sp³-hybridized carbons (Fsp3) is 0.316. The summed E-state index contributed by atoms with van der Waals surface area (Å²) in [5.41, 5.74) is 1.97. The predicted molar refractivity (Wildman–Crippen MR) is 103 cm³/mol. The Bertz CT molecular complexity index is 993. The number of carbonyl (C=O) groups excluding carboxylic acids is 1. The molecule has 0 aliphatic rings. The molecule has 136 valence electrons. The zero-order valence-corrected chi connectivity index (χ0v) is 15.9. The van der Waals surface area contributed by atoms with Gasteiger partial charge in [0.1, 0.15) is 10.6 Å². The Morgan fingerprint density at radius 2 is 2.15 bits per heavy atom. The molecular formula is C19H21N3O3S. The minimum atomic E-state index is -0.105. The summed E-state index contributed by atoms with van der Waals surface area (Å²) < 4.78 is 6.86. The maximum atomic E-state index is 12.5. The van der Waals surface area contributed by atoms with Gasteiger partial charge in [-0.3, -0.25) is 14.2 Å². The van der Waals surface area contributed by atoms with Crippen molar-refractivity contribution in [2.45, 2.75) is 26.4 Å². The van der Waals surface area contributed by atoms with Crippen molar-refractivity contribution in [3.63, 3.8) is 0 Å². The number of hydrogen-bond acceptors (Lipinski definition) is 5. The number of aryl methyl sites for hydroxylation is 2. The normalized spacial score (nSPS) is 10.9. The number of hydrogen-bond donors (Lipinski definition) is 0. The number of nitrogens with zero attached hydrogens (tertiary/aromatic N) is 3. The van der Waals surface area contributed by atoms with Gasteiger partial charge < -0.3 is 9.64 Å². The van der Waals surface area contributed by atoms with Crippen molar-refractivity contribution in [2.75, 3.05) is 14.2 Å². The molecule has 0 spiro atoms. The van der Waals surface area contributed by atoms with Crippen LogP contribution in [0.1, 0.15) is 17.5 Å². The minimum absolute atomic E-state index is 0.0362. The van der Waals surface area contributed by atoms with Crippen molar-refractivity contribution >= 4 is 27.5 Å². The predicted octanol–water partition coefficient (Wildman–Crippen LogP) is 2.82. The van der Waals surface area contributed by atoms with E-state index in [0.29, 0.717) is 18.5 Å². The van der Waals surface area contributed by atoms with Crippen LogP contribution in [0.3, 0.4) is 0 Å². The van der Waals surface area contributed by atoms with Crippen LogP contribution >= 0.6 is 11.3 Å². The number of carbonyl (C=O) groups is 1. The molecule has 3 rings (SSSR count). The first-order valence-electron chi connectivity index (χ1n) is 8.29. The summed E-state index contributed by atoms with van der Waals surface area (Å²) in [5.74, 6) is 0.726. The number of rotatable bonds is 6. The van der Waals surface area contributed by atoms with Crippen molar-refractivity contribution < 1.29 is 9.53 Å². The lowest BCUT2D eigenvalue weighted by Gasteiger charge is -2.19. The van der Waals surface area contributed by atoms with E-state index in [1.165, 1.54) is 22.2 Å². The van der Waals surface area contributed by atoms with Gasteiger partial charge in [0.25, 0.3) is 5.56 Å². The summed E-state index contributed by atoms with van der Waals surface area (Å²) in [6, 6.07) is 7.67. The van der Waals surface area contributed by atoms with Crippen LogP contribution in [0.25, 0.3) is 10.2 Å². The standard InChI is InChI=1S/C19H21N3O3S/c1-13-4-5-16(25-3)14(10-13)11-21(2)17(23)6-8-22-12-20-18-15(19(22)24)7-9-26-18/h4-5,7,9-10,12H,6,8,11H2,1-3H3. The zero-order chi connectivity index (χ0) is 18.7. The summed E-state index contributed by atoms with van der Waals surface area (Å²) in [6.45, 7) is 2.77. The van der Waals surface area contributed by atoms with Crippen LogP contribution in [0, 0.1) is 6.92 Å². The third kappa shape index (κ3) is 3.77. The van der Waals surface area contributed by atoms with Crippen LogP contribution in [0.4, 0.5) is 0 Å². The highest BCUT2D eigenvalue weighted by Crippen LogP contribution is 2.21. The highest BCUT2D eigenvalue weighted by Gasteiger charge is 2.13. The molecule has 3 aromatic rings. The number of amides is 1. The fourth-order valence-electron chi connectivity index (χ4n) is 2.83. The van der Waals surface area contributed by atoms with Gasteiger partial charge in [0, 0.05) is 32.1 Å². The van der Waals surface area contributed by atoms with E-state index < -0.39 is 0 Å². The first-order valence-corrected chi connectivity index (χ1v) is 9.17. The van der Waals surface area contributed by atoms with E-state index in [4.69, 9.17) is 4.74 Å². The van der Waals surface area contributed by atoms with Gasteiger partial charge in [-0.2, -0.15) is 0 Å². The van der Waals surface area contributed by atoms with Crippen molar-refractivity contribution in [1.82, 2.24) is 14.5 Å². The summed E-state index contributed by atoms with van der Waals surface area (Å²) in [6.07, 6.45) is 1.75. The molecule has 2 heterocycles. The fourth-order valence-corrected chi connectivity index (χ4v) is 3.56. The van der Waals surface area contributed by atoms with E-state index in [2.05, 4.69) is 4.98 Å². The van der Waals surface area contributed by atoms with Gasteiger partial charge in [-0.15, -0.1) is 11.3 Å². The molecule has 26 heavy (non-hydrogen) atoms. The molecule has 7 heteroatoms. The highest BCUT2D eigenvalue weighted by atomic mass is 32.1. The van der Waals surface area contributed by atoms with E-state index in [9.17, 15) is 9.59 Å². The molecule has 0 saturated carbocycles. The zero-order valence-electron chi connectivity index (χ0n) is 15.1. The molecular weight excluding hydrogens is 350 g/mol. The lowest BCUT2D eigenvalue weighted by Crippen LogP contribution is -2.29. The van der Waals surface area contributed by atoms with Crippen LogP contribution < -0.4 is 10.3 Å². The molecule has 0 radical (unpaired) electrons. The minimum Gasteiger partial charge on any atom is -0.496 e. The van der Waals surface area contributed by atoms with E-state index in [-0.39, 0.29) is 17.9 Å². The van der Waals surface area contributed by atoms with Gasteiger partial charge in [-0.05, 0) is 24.4 Å². The molecule has 0 unspecified atom stereocenters. The van der Waals surface area contributed by atoms with Gasteiger partial charge in [-0.1, -0.05) is 17.7 Å². The summed E-state index contributed by atoms with van der Waals surface area (Å²) in [4.78, 5) is 31.5. The molecule has 6 nitrogen and oxygen atoms in total. The summed E-state index contributed by atoms with van der Waals surface area (Å²) >= 11 is 1.43. The molecule has 0 fully saturated rings. The second-order valence-corrected chi connectivity index (χ2v) is 7.09. The van der Waals surface area contributed by atoms with Gasteiger partial charge in [0.15, 0.2) is 0 Å². The third-order valence-corrected chi connectivity index (χ3v) is 5.11. The number of ether oxygens (including phenoxy) is 1. The largest absolute Gasteiger partial charge is 0.496 e. The smallest absolute Gasteiger partial charge is 0.262 e. The quantitative estimate of drug-likeness (QED) is 0.668. The van der Waals surface area contributed by atoms with Crippen molar-refractivity contribution in [3.8, 4) is 5.75 Å². The van der Waals surface area contributed by atoms with Crippen LogP contribution in [0.2, 0.25) is 0 Å². The number of benzene rings is 1. The second kappa shape index (κ2) is 7.70. The third-order valence-electron chi connectivity index (χ3n) is 4.29. The highest BCUT2D eigenvalue weighted by molar-refractivity contribution is 7.16. The van der Waals surface area contributed by atoms with Crippen molar-refractivity contribution in [3.05, 3.63) is 57.5 Å². The SMILES string of the molecule is COc1ccc(C)cc1CN(C)C(=O)CCn1cnc2sccc2c1=O. The molecule has 0 saturated heterocycles. The molecule has 1 aromatic carbocycles. The van der Waals surface area contributed by atoms with E-state index in [1.807, 2.05) is 30.5 Å². The molecule has 0 aliphatic carbocycles. The van der Waals surface area contributed by atoms with Gasteiger partial charge in [-0.25, -0.2) is 4.98 Å². The molecule has 0 atom stereocenters. The topological polar surface area (TPSA) is 64.4 Å². The number of methoxy groups -OCH3 is 1. The number of aromatic nitrogens is 2. The Morgan fingerprint density at radius 3 is 2.92 bits per heavy atom. The summed E-state index contributed by atoms with van der Waals surface area (Å²) in [5, 5.41) is 2.44. The van der Waals surface area contributed by atoms with Crippen LogP contribution in [0.5, 0.6) is 5.75 Å². The molecule has 0 N–H and O–H groups in total. The Hall–Kier alpha value is -2.67. The summed E-state index contributed by atoms with van der Waals surface area (Å²) in [7, 11) is 3.38. The molecule has 0 bridgehead atoms. The van der Waals surface area contributed by atoms with Crippen LogP contribution in [-0.2, 0) is 17.9 Å². The lowest BCUT2D eigenvalue weighted by atomic mass is 10.1. The van der Waals surface area contributed by atoms with E-state index in [0.717, 1.165) is 21.7 Å². The van der Waals surface area contributed by atoms with Gasteiger partial charge >= 0.3 is 0 Å².